The summed E-state index contributed by atoms with van der Waals surface area (Å²) in [5, 5.41) is 2.69. The average molecular weight is 499 g/mol. The van der Waals surface area contributed by atoms with E-state index >= 15 is 0 Å². The van der Waals surface area contributed by atoms with Crippen LogP contribution in [0.2, 0.25) is 0 Å². The number of likely N-dealkylation sites (tertiary alicyclic amines) is 1. The maximum atomic E-state index is 13.2. The first-order chi connectivity index (χ1) is 17.4. The zero-order chi connectivity index (χ0) is 25.4. The van der Waals surface area contributed by atoms with Crippen LogP contribution in [0.25, 0.3) is 0 Å². The van der Waals surface area contributed by atoms with E-state index < -0.39 is 12.1 Å². The lowest BCUT2D eigenvalue weighted by Gasteiger charge is -2.52. The lowest BCUT2D eigenvalue weighted by molar-refractivity contribution is -0.149. The minimum Gasteiger partial charge on any atom is -0.493 e. The molecule has 2 bridgehead atoms. The Morgan fingerprint density at radius 1 is 1.08 bits per heavy atom. The number of amides is 5. The molecule has 4 aliphatic heterocycles. The van der Waals surface area contributed by atoms with Gasteiger partial charge in [0.1, 0.15) is 6.04 Å². The van der Waals surface area contributed by atoms with Crippen LogP contribution in [0.3, 0.4) is 0 Å². The number of benzene rings is 1. The molecule has 4 atom stereocenters. The van der Waals surface area contributed by atoms with Gasteiger partial charge in [0.25, 0.3) is 5.91 Å². The number of ether oxygens (including phenoxy) is 2. The van der Waals surface area contributed by atoms with E-state index in [0.29, 0.717) is 44.0 Å². The van der Waals surface area contributed by atoms with E-state index in [0.717, 1.165) is 24.8 Å². The topological polar surface area (TPSA) is 108 Å². The molecule has 4 heterocycles. The number of fused-ring (bicyclic) bond motifs is 4. The molecular formula is C26H34N4O6. The van der Waals surface area contributed by atoms with Crippen LogP contribution in [0.1, 0.15) is 37.7 Å². The van der Waals surface area contributed by atoms with Crippen molar-refractivity contribution in [2.75, 3.05) is 40.4 Å². The summed E-state index contributed by atoms with van der Waals surface area (Å²) in [5.74, 6) is 1.53. The van der Waals surface area contributed by atoms with Crippen LogP contribution in [0.5, 0.6) is 11.5 Å². The number of methoxy groups -OCH3 is 2. The van der Waals surface area contributed by atoms with Gasteiger partial charge in [0.15, 0.2) is 11.5 Å². The Morgan fingerprint density at radius 3 is 2.67 bits per heavy atom. The van der Waals surface area contributed by atoms with Crippen molar-refractivity contribution in [2.45, 2.75) is 50.6 Å². The van der Waals surface area contributed by atoms with Crippen molar-refractivity contribution in [1.29, 1.82) is 0 Å². The summed E-state index contributed by atoms with van der Waals surface area (Å²) < 4.78 is 10.6. The van der Waals surface area contributed by atoms with Crippen molar-refractivity contribution in [3.8, 4) is 11.5 Å². The highest BCUT2D eigenvalue weighted by molar-refractivity contribution is 6.05. The SMILES string of the molecule is COc1ccc(CCN2C(=O)N[C@@H](CC(=O)N3C[C@H]4C[C@@H](C3)C3CCCC(=O)N3C4)C2=O)cc1OC. The van der Waals surface area contributed by atoms with Crippen LogP contribution in [0.4, 0.5) is 4.79 Å². The van der Waals surface area contributed by atoms with Gasteiger partial charge in [-0.15, -0.1) is 0 Å². The molecule has 10 nitrogen and oxygen atoms in total. The molecule has 0 aromatic heterocycles. The summed E-state index contributed by atoms with van der Waals surface area (Å²) in [6.45, 7) is 2.14. The lowest BCUT2D eigenvalue weighted by Crippen LogP contribution is -2.61. The van der Waals surface area contributed by atoms with Gasteiger partial charge in [-0.1, -0.05) is 6.07 Å². The third-order valence-electron chi connectivity index (χ3n) is 8.09. The number of nitrogens with one attached hydrogen (secondary N) is 1. The highest BCUT2D eigenvalue weighted by Gasteiger charge is 2.46. The molecule has 0 radical (unpaired) electrons. The zero-order valence-electron chi connectivity index (χ0n) is 20.9. The predicted octanol–water partition coefficient (Wildman–Crippen LogP) is 1.42. The van der Waals surface area contributed by atoms with Gasteiger partial charge < -0.3 is 24.6 Å². The second kappa shape index (κ2) is 9.99. The molecule has 36 heavy (non-hydrogen) atoms. The van der Waals surface area contributed by atoms with Gasteiger partial charge in [-0.25, -0.2) is 4.79 Å². The zero-order valence-corrected chi connectivity index (χ0v) is 20.9. The molecule has 4 saturated heterocycles. The van der Waals surface area contributed by atoms with Crippen LogP contribution < -0.4 is 14.8 Å². The highest BCUT2D eigenvalue weighted by Crippen LogP contribution is 2.38. The van der Waals surface area contributed by atoms with E-state index in [-0.39, 0.29) is 48.6 Å². The summed E-state index contributed by atoms with van der Waals surface area (Å²) in [7, 11) is 3.12. The van der Waals surface area contributed by atoms with E-state index in [1.165, 1.54) is 4.90 Å². The Bertz CT molecular complexity index is 1060. The molecule has 0 spiro atoms. The van der Waals surface area contributed by atoms with Gasteiger partial charge in [-0.2, -0.15) is 0 Å². The minimum atomic E-state index is -0.843. The smallest absolute Gasteiger partial charge is 0.324 e. The number of carbonyl (C=O) groups excluding carboxylic acids is 4. The van der Waals surface area contributed by atoms with Gasteiger partial charge in [-0.3, -0.25) is 19.3 Å². The van der Waals surface area contributed by atoms with Crippen molar-refractivity contribution in [3.63, 3.8) is 0 Å². The number of imide groups is 1. The molecule has 1 N–H and O–H groups in total. The van der Waals surface area contributed by atoms with Crippen molar-refractivity contribution in [1.82, 2.24) is 20.0 Å². The monoisotopic (exact) mass is 498 g/mol. The summed E-state index contributed by atoms with van der Waals surface area (Å²) in [6.07, 6.45) is 4.01. The van der Waals surface area contributed by atoms with E-state index in [4.69, 9.17) is 9.47 Å². The first kappa shape index (κ1) is 24.4. The molecule has 5 rings (SSSR count). The van der Waals surface area contributed by atoms with Crippen LogP contribution in [0, 0.1) is 11.8 Å². The van der Waals surface area contributed by atoms with Gasteiger partial charge in [-0.05, 0) is 55.2 Å². The highest BCUT2D eigenvalue weighted by atomic mass is 16.5. The molecule has 4 fully saturated rings. The van der Waals surface area contributed by atoms with E-state index in [9.17, 15) is 19.2 Å². The molecule has 10 heteroatoms. The number of carbonyl (C=O) groups is 4. The third-order valence-corrected chi connectivity index (χ3v) is 8.09. The number of piperidine rings is 3. The van der Waals surface area contributed by atoms with Gasteiger partial charge >= 0.3 is 6.03 Å². The lowest BCUT2D eigenvalue weighted by atomic mass is 9.76. The van der Waals surface area contributed by atoms with Crippen LogP contribution >= 0.6 is 0 Å². The van der Waals surface area contributed by atoms with E-state index in [1.807, 2.05) is 21.9 Å². The quantitative estimate of drug-likeness (QED) is 0.570. The number of hydrogen-bond acceptors (Lipinski definition) is 6. The number of urea groups is 1. The normalized spacial score (nSPS) is 27.6. The maximum absolute atomic E-state index is 13.2. The number of nitrogens with zero attached hydrogens (tertiary/aromatic N) is 3. The molecular weight excluding hydrogens is 464 g/mol. The Hall–Kier alpha value is -3.30. The van der Waals surface area contributed by atoms with Gasteiger partial charge in [0, 0.05) is 38.6 Å². The van der Waals surface area contributed by atoms with E-state index in [1.54, 1.807) is 20.3 Å². The fourth-order valence-electron chi connectivity index (χ4n) is 6.32. The fourth-order valence-corrected chi connectivity index (χ4v) is 6.32. The summed E-state index contributed by atoms with van der Waals surface area (Å²) >= 11 is 0. The van der Waals surface area contributed by atoms with Crippen molar-refractivity contribution < 1.29 is 28.7 Å². The largest absolute Gasteiger partial charge is 0.493 e. The molecule has 5 amide bonds. The fraction of sp³-hybridized carbons (Fsp3) is 0.615. The van der Waals surface area contributed by atoms with Crippen molar-refractivity contribution in [3.05, 3.63) is 23.8 Å². The van der Waals surface area contributed by atoms with Crippen LogP contribution in [0.15, 0.2) is 18.2 Å². The van der Waals surface area contributed by atoms with E-state index in [2.05, 4.69) is 5.32 Å². The molecule has 1 aromatic rings. The molecule has 4 aliphatic rings. The van der Waals surface area contributed by atoms with Crippen molar-refractivity contribution >= 4 is 23.8 Å². The summed E-state index contributed by atoms with van der Waals surface area (Å²) in [6, 6.07) is 4.40. The Morgan fingerprint density at radius 2 is 1.89 bits per heavy atom. The third kappa shape index (κ3) is 4.60. The first-order valence-corrected chi connectivity index (χ1v) is 12.8. The maximum Gasteiger partial charge on any atom is 0.324 e. The second-order valence-corrected chi connectivity index (χ2v) is 10.3. The van der Waals surface area contributed by atoms with Crippen molar-refractivity contribution in [2.24, 2.45) is 11.8 Å². The molecule has 0 aliphatic carbocycles. The Labute approximate surface area is 210 Å². The number of rotatable bonds is 7. The first-order valence-electron chi connectivity index (χ1n) is 12.8. The Kier molecular flexibility index (Phi) is 6.77. The second-order valence-electron chi connectivity index (χ2n) is 10.3. The van der Waals surface area contributed by atoms with Gasteiger partial charge in [0.2, 0.25) is 11.8 Å². The summed E-state index contributed by atoms with van der Waals surface area (Å²) in [4.78, 5) is 56.1. The summed E-state index contributed by atoms with van der Waals surface area (Å²) in [5.41, 5.74) is 0.905. The Balaban J connectivity index is 1.17. The van der Waals surface area contributed by atoms with Crippen LogP contribution in [-0.4, -0.2) is 90.9 Å². The predicted molar refractivity (Wildman–Crippen MR) is 129 cm³/mol. The number of hydrogen-bond donors (Lipinski definition) is 1. The molecule has 194 valence electrons. The molecule has 0 saturated carbocycles. The van der Waals surface area contributed by atoms with Crippen LogP contribution in [-0.2, 0) is 20.8 Å². The minimum absolute atomic E-state index is 0.0375. The molecule has 1 aromatic carbocycles. The van der Waals surface area contributed by atoms with Gasteiger partial charge in [0.05, 0.1) is 20.6 Å². The average Bonchev–Trinajstić information content (AvgIpc) is 3.14. The molecule has 1 unspecified atom stereocenters. The standard InChI is InChI=1S/C26H34N4O6/c1-35-21-7-6-16(11-22(21)36-2)8-9-29-25(33)19(27-26(29)34)12-24(32)28-13-17-10-18(15-28)20-4-3-5-23(31)30(20)14-17/h6-7,11,17-20H,3-5,8-10,12-15H2,1-2H3,(H,27,34)/t17-,18+,19+,20?/m1/s1.